The number of Topliss-reactive ketones (excluding diaryl/α,β-unsaturated/α-hetero) is 1. The van der Waals surface area contributed by atoms with Crippen molar-refractivity contribution in [2.75, 3.05) is 0 Å². The van der Waals surface area contributed by atoms with Crippen molar-refractivity contribution in [3.8, 4) is 0 Å². The zero-order valence-corrected chi connectivity index (χ0v) is 15.1. The Hall–Kier alpha value is -0.410. The van der Waals surface area contributed by atoms with Gasteiger partial charge in [0.25, 0.3) is 0 Å². The molecule has 3 aliphatic carbocycles. The van der Waals surface area contributed by atoms with Gasteiger partial charge in [-0.05, 0) is 61.7 Å². The monoisotopic (exact) mass is 322 g/mol. The third-order valence-corrected chi connectivity index (χ3v) is 7.89. The first-order valence-electron chi connectivity index (χ1n) is 9.72. The lowest BCUT2D eigenvalue weighted by molar-refractivity contribution is -0.141. The molecule has 0 aromatic heterocycles. The van der Waals surface area contributed by atoms with E-state index < -0.39 is 6.10 Å². The Morgan fingerprint density at radius 3 is 2.48 bits per heavy atom. The number of rotatable bonds is 3. The molecule has 0 heterocycles. The maximum Gasteiger partial charge on any atom is 0.139 e. The van der Waals surface area contributed by atoms with Crippen LogP contribution in [0.4, 0.5) is 0 Å². The van der Waals surface area contributed by atoms with Crippen molar-refractivity contribution in [2.45, 2.75) is 90.8 Å². The van der Waals surface area contributed by atoms with E-state index in [0.717, 1.165) is 44.9 Å². The van der Waals surface area contributed by atoms with Crippen molar-refractivity contribution in [3.05, 3.63) is 0 Å². The fraction of sp³-hybridized carbons (Fsp3) is 0.950. The molecule has 0 bridgehead atoms. The van der Waals surface area contributed by atoms with Gasteiger partial charge in [-0.25, -0.2) is 0 Å². The van der Waals surface area contributed by atoms with E-state index in [1.165, 1.54) is 6.42 Å². The quantitative estimate of drug-likeness (QED) is 0.833. The van der Waals surface area contributed by atoms with Crippen LogP contribution < -0.4 is 0 Å². The second-order valence-corrected chi connectivity index (χ2v) is 9.03. The summed E-state index contributed by atoms with van der Waals surface area (Å²) in [6, 6.07) is 0. The first kappa shape index (κ1) is 17.4. The molecule has 23 heavy (non-hydrogen) atoms. The molecule has 132 valence electrons. The standard InChI is InChI=1S/C20H34O3/c1-4-5-14-15-6-7-17(22)19(15,2)11-9-16(14)20(3)10-8-13(21)12-18(20)23/h13-16,18,21,23H,4-12H2,1-3H3/t13-,14+,15?,16?,18-,19-,20+/m0/s1. The lowest BCUT2D eigenvalue weighted by Gasteiger charge is -2.55. The lowest BCUT2D eigenvalue weighted by atomic mass is 9.50. The van der Waals surface area contributed by atoms with Crippen molar-refractivity contribution < 1.29 is 15.0 Å². The second-order valence-electron chi connectivity index (χ2n) is 9.03. The molecule has 0 aromatic rings. The minimum absolute atomic E-state index is 0.0912. The summed E-state index contributed by atoms with van der Waals surface area (Å²) in [6.07, 6.45) is 7.67. The number of carbonyl (C=O) groups is 1. The summed E-state index contributed by atoms with van der Waals surface area (Å²) in [5.41, 5.74) is -0.197. The number of ketones is 1. The minimum Gasteiger partial charge on any atom is -0.393 e. The Morgan fingerprint density at radius 2 is 1.83 bits per heavy atom. The van der Waals surface area contributed by atoms with Crippen LogP contribution in [0.1, 0.15) is 78.6 Å². The highest BCUT2D eigenvalue weighted by molar-refractivity contribution is 5.87. The molecule has 0 aliphatic heterocycles. The third-order valence-electron chi connectivity index (χ3n) is 7.89. The van der Waals surface area contributed by atoms with Gasteiger partial charge in [-0.2, -0.15) is 0 Å². The fourth-order valence-electron chi connectivity index (χ4n) is 6.33. The molecular formula is C20H34O3. The topological polar surface area (TPSA) is 57.5 Å². The van der Waals surface area contributed by atoms with Gasteiger partial charge < -0.3 is 10.2 Å². The molecule has 3 rings (SSSR count). The van der Waals surface area contributed by atoms with Crippen LogP contribution in [0.15, 0.2) is 0 Å². The van der Waals surface area contributed by atoms with Crippen molar-refractivity contribution >= 4 is 5.78 Å². The summed E-state index contributed by atoms with van der Waals surface area (Å²) in [4.78, 5) is 12.5. The van der Waals surface area contributed by atoms with Crippen LogP contribution in [0.3, 0.4) is 0 Å². The fourth-order valence-corrected chi connectivity index (χ4v) is 6.33. The molecule has 0 radical (unpaired) electrons. The lowest BCUT2D eigenvalue weighted by Crippen LogP contribution is -2.53. The first-order chi connectivity index (χ1) is 10.8. The largest absolute Gasteiger partial charge is 0.393 e. The van der Waals surface area contributed by atoms with Gasteiger partial charge in [-0.15, -0.1) is 0 Å². The van der Waals surface area contributed by atoms with Crippen LogP contribution in [0.2, 0.25) is 0 Å². The third kappa shape index (κ3) is 2.68. The molecule has 0 amide bonds. The van der Waals surface area contributed by atoms with Gasteiger partial charge in [0.1, 0.15) is 5.78 Å². The van der Waals surface area contributed by atoms with E-state index in [1.807, 2.05) is 0 Å². The van der Waals surface area contributed by atoms with Gasteiger partial charge in [0.05, 0.1) is 12.2 Å². The Morgan fingerprint density at radius 1 is 1.09 bits per heavy atom. The van der Waals surface area contributed by atoms with E-state index in [9.17, 15) is 15.0 Å². The van der Waals surface area contributed by atoms with Gasteiger partial charge in [0, 0.05) is 11.8 Å². The Kier molecular flexibility index (Phi) is 4.65. The number of hydrogen-bond donors (Lipinski definition) is 2. The van der Waals surface area contributed by atoms with Crippen LogP contribution in [-0.2, 0) is 4.79 Å². The van der Waals surface area contributed by atoms with Crippen LogP contribution in [-0.4, -0.2) is 28.2 Å². The molecule has 3 nitrogen and oxygen atoms in total. The van der Waals surface area contributed by atoms with Gasteiger partial charge in [0.15, 0.2) is 0 Å². The Bertz CT molecular complexity index is 462. The molecule has 3 fully saturated rings. The molecule has 3 aliphatic rings. The van der Waals surface area contributed by atoms with Crippen LogP contribution in [0.25, 0.3) is 0 Å². The summed E-state index contributed by atoms with van der Waals surface area (Å²) in [6.45, 7) is 6.69. The average molecular weight is 322 g/mol. The summed E-state index contributed by atoms with van der Waals surface area (Å²) in [5.74, 6) is 2.03. The highest BCUT2D eigenvalue weighted by atomic mass is 16.3. The van der Waals surface area contributed by atoms with E-state index in [1.54, 1.807) is 0 Å². The first-order valence-corrected chi connectivity index (χ1v) is 9.72. The maximum absolute atomic E-state index is 12.5. The Labute approximate surface area is 140 Å². The molecule has 7 atom stereocenters. The van der Waals surface area contributed by atoms with Gasteiger partial charge in [-0.1, -0.05) is 33.6 Å². The minimum atomic E-state index is -0.405. The highest BCUT2D eigenvalue weighted by Gasteiger charge is 2.58. The number of carbonyl (C=O) groups excluding carboxylic acids is 1. The summed E-state index contributed by atoms with van der Waals surface area (Å²) >= 11 is 0. The van der Waals surface area contributed by atoms with Gasteiger partial charge in [-0.3, -0.25) is 4.79 Å². The molecular weight excluding hydrogens is 288 g/mol. The molecule has 3 saturated carbocycles. The average Bonchev–Trinajstić information content (AvgIpc) is 2.80. The molecule has 0 spiro atoms. The number of aliphatic hydroxyl groups excluding tert-OH is 2. The zero-order valence-electron chi connectivity index (χ0n) is 15.1. The van der Waals surface area contributed by atoms with Crippen LogP contribution in [0, 0.1) is 28.6 Å². The van der Waals surface area contributed by atoms with Crippen molar-refractivity contribution in [3.63, 3.8) is 0 Å². The van der Waals surface area contributed by atoms with Crippen LogP contribution in [0.5, 0.6) is 0 Å². The smallest absolute Gasteiger partial charge is 0.139 e. The Balaban J connectivity index is 1.88. The van der Waals surface area contributed by atoms with E-state index >= 15 is 0 Å². The number of hydrogen-bond acceptors (Lipinski definition) is 3. The van der Waals surface area contributed by atoms with Crippen molar-refractivity contribution in [1.82, 2.24) is 0 Å². The molecule has 0 aromatic carbocycles. The van der Waals surface area contributed by atoms with Crippen molar-refractivity contribution in [1.29, 1.82) is 0 Å². The summed E-state index contributed by atoms with van der Waals surface area (Å²) in [7, 11) is 0. The second kappa shape index (κ2) is 6.15. The summed E-state index contributed by atoms with van der Waals surface area (Å²) < 4.78 is 0. The van der Waals surface area contributed by atoms with Crippen LogP contribution >= 0.6 is 0 Å². The normalized spacial score (nSPS) is 50.8. The predicted molar refractivity (Wildman–Crippen MR) is 90.9 cm³/mol. The molecule has 3 heteroatoms. The molecule has 2 unspecified atom stereocenters. The van der Waals surface area contributed by atoms with Gasteiger partial charge in [0.2, 0.25) is 0 Å². The SMILES string of the molecule is CCC[C@@H]1C2CCC(=O)[C@@]2(C)CCC1[C@@]1(C)CC[C@H](O)C[C@@H]1O. The van der Waals surface area contributed by atoms with E-state index in [4.69, 9.17) is 0 Å². The number of aliphatic hydroxyl groups is 2. The zero-order chi connectivity index (χ0) is 16.8. The number of fused-ring (bicyclic) bond motifs is 1. The van der Waals surface area contributed by atoms with E-state index in [0.29, 0.717) is 30.0 Å². The highest BCUT2D eigenvalue weighted by Crippen LogP contribution is 2.61. The maximum atomic E-state index is 12.5. The molecule has 0 saturated heterocycles. The van der Waals surface area contributed by atoms with E-state index in [-0.39, 0.29) is 16.9 Å². The van der Waals surface area contributed by atoms with Gasteiger partial charge >= 0.3 is 0 Å². The van der Waals surface area contributed by atoms with Crippen molar-refractivity contribution in [2.24, 2.45) is 28.6 Å². The predicted octanol–water partition coefficient (Wildman–Crippen LogP) is 3.71. The van der Waals surface area contributed by atoms with E-state index in [2.05, 4.69) is 20.8 Å². The molecule has 2 N–H and O–H groups in total. The summed E-state index contributed by atoms with van der Waals surface area (Å²) in [5, 5.41) is 20.7.